The summed E-state index contributed by atoms with van der Waals surface area (Å²) >= 11 is 0. The second kappa shape index (κ2) is 7.50. The van der Waals surface area contributed by atoms with Crippen LogP contribution in [0, 0.1) is 13.8 Å². The highest BCUT2D eigenvalue weighted by Gasteiger charge is 2.20. The summed E-state index contributed by atoms with van der Waals surface area (Å²) in [5.74, 6) is 0.0425. The Morgan fingerprint density at radius 2 is 1.93 bits per heavy atom. The van der Waals surface area contributed by atoms with E-state index in [9.17, 15) is 4.79 Å². The van der Waals surface area contributed by atoms with Gasteiger partial charge < -0.3 is 9.26 Å². The van der Waals surface area contributed by atoms with Crippen molar-refractivity contribution in [2.45, 2.75) is 40.3 Å². The molecule has 0 saturated carbocycles. The van der Waals surface area contributed by atoms with Crippen LogP contribution in [0.5, 0.6) is 0 Å². The van der Waals surface area contributed by atoms with Crippen LogP contribution in [-0.4, -0.2) is 25.9 Å². The lowest BCUT2D eigenvalue weighted by Gasteiger charge is -2.10. The first-order chi connectivity index (χ1) is 13.9. The molecule has 1 aromatic carbocycles. The van der Waals surface area contributed by atoms with E-state index in [1.165, 1.54) is 0 Å². The van der Waals surface area contributed by atoms with Crippen molar-refractivity contribution in [3.63, 3.8) is 0 Å². The fourth-order valence-electron chi connectivity index (χ4n) is 3.14. The maximum absolute atomic E-state index is 12.9. The molecule has 7 nitrogen and oxygen atoms in total. The van der Waals surface area contributed by atoms with E-state index in [4.69, 9.17) is 14.2 Å². The van der Waals surface area contributed by atoms with Gasteiger partial charge >= 0.3 is 5.97 Å². The number of rotatable bonds is 5. The molecule has 4 aromatic rings. The highest BCUT2D eigenvalue weighted by Crippen LogP contribution is 2.27. The molecule has 3 heterocycles. The lowest BCUT2D eigenvalue weighted by Crippen LogP contribution is -2.08. The Hall–Kier alpha value is -3.48. The number of esters is 1. The number of aryl methyl sites for hydroxylation is 2. The van der Waals surface area contributed by atoms with Gasteiger partial charge in [-0.2, -0.15) is 5.10 Å². The van der Waals surface area contributed by atoms with Crippen molar-refractivity contribution >= 4 is 17.0 Å². The fourth-order valence-corrected chi connectivity index (χ4v) is 3.14. The van der Waals surface area contributed by atoms with Crippen LogP contribution in [-0.2, 0) is 11.3 Å². The monoisotopic (exact) mass is 390 g/mol. The van der Waals surface area contributed by atoms with Gasteiger partial charge in [-0.1, -0.05) is 35.0 Å². The minimum absolute atomic E-state index is 0.0155. The fraction of sp³-hybridized carbons (Fsp3) is 0.273. The zero-order valence-electron chi connectivity index (χ0n) is 16.8. The van der Waals surface area contributed by atoms with E-state index in [0.29, 0.717) is 28.1 Å². The van der Waals surface area contributed by atoms with Gasteiger partial charge in [0.25, 0.3) is 0 Å². The van der Waals surface area contributed by atoms with Crippen molar-refractivity contribution in [1.82, 2.24) is 19.9 Å². The molecule has 0 amide bonds. The van der Waals surface area contributed by atoms with Crippen molar-refractivity contribution in [3.8, 4) is 11.3 Å². The second-order valence-corrected chi connectivity index (χ2v) is 7.35. The Bertz CT molecular complexity index is 1170. The minimum atomic E-state index is -0.455. The first-order valence-electron chi connectivity index (χ1n) is 9.47. The van der Waals surface area contributed by atoms with E-state index in [1.807, 2.05) is 56.6 Å². The lowest BCUT2D eigenvalue weighted by atomic mass is 10.1. The number of benzene rings is 1. The number of aromatic nitrogens is 4. The average Bonchev–Trinajstić information content (AvgIpc) is 3.32. The molecule has 0 fully saturated rings. The SMILES string of the molecule is Cc1ccc(-c2cc(C(=O)OCc3cc(C)no3)c3cnn(C(C)C)c3n2)cc1. The molecule has 0 unspecified atom stereocenters. The molecular weight excluding hydrogens is 368 g/mol. The van der Waals surface area contributed by atoms with Gasteiger partial charge in [0.15, 0.2) is 18.0 Å². The Balaban J connectivity index is 1.76. The number of fused-ring (bicyclic) bond motifs is 1. The van der Waals surface area contributed by atoms with Gasteiger partial charge in [-0.25, -0.2) is 14.5 Å². The quantitative estimate of drug-likeness (QED) is 0.462. The van der Waals surface area contributed by atoms with Gasteiger partial charge in [0.1, 0.15) is 0 Å². The topological polar surface area (TPSA) is 83.0 Å². The number of carbonyl (C=O) groups excluding carboxylic acids is 1. The third kappa shape index (κ3) is 3.76. The van der Waals surface area contributed by atoms with E-state index in [0.717, 1.165) is 16.8 Å². The molecule has 0 bridgehead atoms. The predicted octanol–water partition coefficient (Wildman–Crippen LogP) is 4.64. The standard InChI is InChI=1S/C22H22N4O3/c1-13(2)26-21-19(11-23-26)18(22(27)28-12-17-9-15(4)25-29-17)10-20(24-21)16-7-5-14(3)6-8-16/h5-11,13H,12H2,1-4H3. The van der Waals surface area contributed by atoms with Crippen LogP contribution in [0.4, 0.5) is 0 Å². The van der Waals surface area contributed by atoms with Crippen molar-refractivity contribution < 1.29 is 14.1 Å². The summed E-state index contributed by atoms with van der Waals surface area (Å²) in [5.41, 5.74) is 4.59. The van der Waals surface area contributed by atoms with Crippen molar-refractivity contribution in [2.24, 2.45) is 0 Å². The van der Waals surface area contributed by atoms with Gasteiger partial charge in [0.2, 0.25) is 0 Å². The van der Waals surface area contributed by atoms with E-state index in [-0.39, 0.29) is 12.6 Å². The van der Waals surface area contributed by atoms with Crippen LogP contribution >= 0.6 is 0 Å². The Morgan fingerprint density at radius 1 is 1.17 bits per heavy atom. The maximum atomic E-state index is 12.9. The zero-order chi connectivity index (χ0) is 20.5. The van der Waals surface area contributed by atoms with Gasteiger partial charge in [-0.3, -0.25) is 0 Å². The third-order valence-electron chi connectivity index (χ3n) is 4.65. The van der Waals surface area contributed by atoms with Crippen molar-refractivity contribution in [1.29, 1.82) is 0 Å². The van der Waals surface area contributed by atoms with Crippen molar-refractivity contribution in [3.05, 3.63) is 65.2 Å². The second-order valence-electron chi connectivity index (χ2n) is 7.35. The average molecular weight is 390 g/mol. The maximum Gasteiger partial charge on any atom is 0.339 e. The summed E-state index contributed by atoms with van der Waals surface area (Å²) in [6.07, 6.45) is 1.66. The van der Waals surface area contributed by atoms with E-state index >= 15 is 0 Å². The van der Waals surface area contributed by atoms with Gasteiger partial charge in [0, 0.05) is 17.7 Å². The molecule has 0 spiro atoms. The molecule has 7 heteroatoms. The van der Waals surface area contributed by atoms with Crippen molar-refractivity contribution in [2.75, 3.05) is 0 Å². The van der Waals surface area contributed by atoms with Crippen LogP contribution < -0.4 is 0 Å². The zero-order valence-corrected chi connectivity index (χ0v) is 16.8. The van der Waals surface area contributed by atoms with E-state index < -0.39 is 5.97 Å². The molecule has 0 aliphatic rings. The number of nitrogens with zero attached hydrogens (tertiary/aromatic N) is 4. The third-order valence-corrected chi connectivity index (χ3v) is 4.65. The summed E-state index contributed by atoms with van der Waals surface area (Å²) in [6.45, 7) is 7.91. The summed E-state index contributed by atoms with van der Waals surface area (Å²) in [4.78, 5) is 17.7. The van der Waals surface area contributed by atoms with E-state index in [2.05, 4.69) is 10.3 Å². The lowest BCUT2D eigenvalue weighted by molar-refractivity contribution is 0.0439. The first kappa shape index (κ1) is 18.9. The normalized spacial score (nSPS) is 11.3. The molecule has 29 heavy (non-hydrogen) atoms. The predicted molar refractivity (Wildman–Crippen MR) is 108 cm³/mol. The highest BCUT2D eigenvalue weighted by molar-refractivity contribution is 6.03. The largest absolute Gasteiger partial charge is 0.454 e. The Kier molecular flexibility index (Phi) is 4.88. The summed E-state index contributed by atoms with van der Waals surface area (Å²) < 4.78 is 12.4. The number of hydrogen-bond acceptors (Lipinski definition) is 6. The van der Waals surface area contributed by atoms with Gasteiger partial charge in [0.05, 0.1) is 28.5 Å². The number of hydrogen-bond donors (Lipinski definition) is 0. The molecule has 0 atom stereocenters. The molecule has 148 valence electrons. The smallest absolute Gasteiger partial charge is 0.339 e. The van der Waals surface area contributed by atoms with Gasteiger partial charge in [-0.15, -0.1) is 0 Å². The highest BCUT2D eigenvalue weighted by atomic mass is 16.5. The summed E-state index contributed by atoms with van der Waals surface area (Å²) in [5, 5.41) is 8.90. The number of pyridine rings is 1. The Labute approximate surface area is 168 Å². The van der Waals surface area contributed by atoms with Crippen LogP contribution in [0.1, 0.15) is 47.3 Å². The van der Waals surface area contributed by atoms with Crippen LogP contribution in [0.25, 0.3) is 22.3 Å². The molecular formula is C22H22N4O3. The first-order valence-corrected chi connectivity index (χ1v) is 9.47. The minimum Gasteiger partial charge on any atom is -0.454 e. The molecule has 0 aliphatic carbocycles. The molecule has 0 saturated heterocycles. The number of carbonyl (C=O) groups is 1. The molecule has 0 radical (unpaired) electrons. The van der Waals surface area contributed by atoms with Crippen LogP contribution in [0.2, 0.25) is 0 Å². The van der Waals surface area contributed by atoms with Crippen LogP contribution in [0.3, 0.4) is 0 Å². The molecule has 0 aliphatic heterocycles. The molecule has 4 rings (SSSR count). The van der Waals surface area contributed by atoms with Gasteiger partial charge in [-0.05, 0) is 33.8 Å². The van der Waals surface area contributed by atoms with Crippen LogP contribution in [0.15, 0.2) is 47.1 Å². The Morgan fingerprint density at radius 3 is 2.59 bits per heavy atom. The summed E-state index contributed by atoms with van der Waals surface area (Å²) in [7, 11) is 0. The molecule has 3 aromatic heterocycles. The summed E-state index contributed by atoms with van der Waals surface area (Å²) in [6, 6.07) is 11.6. The van der Waals surface area contributed by atoms with E-state index in [1.54, 1.807) is 18.3 Å². The molecule has 0 N–H and O–H groups in total. The number of ether oxygens (including phenoxy) is 1.